The van der Waals surface area contributed by atoms with Crippen LogP contribution in [0.4, 0.5) is 0 Å². The molecule has 7 aromatic rings. The van der Waals surface area contributed by atoms with Crippen LogP contribution < -0.4 is 9.97 Å². The Morgan fingerprint density at radius 1 is 0.491 bits per heavy atom. The molecule has 9 rings (SSSR count). The number of aromatic nitrogens is 4. The van der Waals surface area contributed by atoms with Crippen LogP contribution in [0.5, 0.6) is 0 Å². The zero-order chi connectivity index (χ0) is 36.4. The van der Waals surface area contributed by atoms with Crippen LogP contribution in [0, 0.1) is 0 Å². The summed E-state index contributed by atoms with van der Waals surface area (Å²) in [6.45, 7) is 2.34. The molecule has 8 bridgehead atoms. The standard InChI is InChI=1S/C47H36N4O3.Ni/c1-3-53-47-45-43(33-22-14-7-15-23-33)39-29-27-37(50-39)41(31-18-10-5-11-19-31)35-25-24-34(48-35)40(30-16-8-4-9-17-30)36-26-28-38(49-36)42(32-20-12-6-13-21-32)44(51-45)46(52-2)54-47;/h4-29,46-47H,3H2,1-2H3;/q-2;+2/t46-,47-;/m0./s1. The van der Waals surface area contributed by atoms with Crippen molar-refractivity contribution in [2.75, 3.05) is 13.7 Å². The molecule has 8 heteroatoms. The van der Waals surface area contributed by atoms with Crippen molar-refractivity contribution in [3.63, 3.8) is 0 Å². The fourth-order valence-electron chi connectivity index (χ4n) is 7.31. The number of rotatable bonds is 7. The van der Waals surface area contributed by atoms with E-state index in [-0.39, 0.29) is 16.5 Å². The zero-order valence-corrected chi connectivity index (χ0v) is 31.2. The van der Waals surface area contributed by atoms with Gasteiger partial charge in [0.15, 0.2) is 0 Å². The van der Waals surface area contributed by atoms with Crippen LogP contribution >= 0.6 is 0 Å². The Morgan fingerprint density at radius 2 is 0.855 bits per heavy atom. The zero-order valence-electron chi connectivity index (χ0n) is 30.2. The number of fused-ring (bicyclic) bond motifs is 8. The van der Waals surface area contributed by atoms with Crippen molar-refractivity contribution in [3.8, 4) is 44.5 Å². The molecular weight excluding hydrogens is 727 g/mol. The first-order valence-electron chi connectivity index (χ1n) is 18.1. The molecule has 2 aliphatic rings. The summed E-state index contributed by atoms with van der Waals surface area (Å²) in [7, 11) is 1.63. The van der Waals surface area contributed by atoms with Crippen LogP contribution in [0.15, 0.2) is 146 Å². The fourth-order valence-corrected chi connectivity index (χ4v) is 7.31. The van der Waals surface area contributed by atoms with E-state index in [1.165, 1.54) is 0 Å². The normalized spacial score (nSPS) is 15.0. The second-order valence-corrected chi connectivity index (χ2v) is 13.0. The van der Waals surface area contributed by atoms with Crippen LogP contribution in [-0.4, -0.2) is 23.7 Å². The largest absolute Gasteiger partial charge is 2.00 e. The van der Waals surface area contributed by atoms with E-state index in [0.29, 0.717) is 18.0 Å². The van der Waals surface area contributed by atoms with Gasteiger partial charge in [-0.05, 0) is 63.6 Å². The predicted octanol–water partition coefficient (Wildman–Crippen LogP) is 10.8. The quantitative estimate of drug-likeness (QED) is 0.150. The number of methoxy groups -OCH3 is 1. The van der Waals surface area contributed by atoms with Gasteiger partial charge in [-0.15, -0.1) is 22.1 Å². The first kappa shape index (κ1) is 36.1. The SMILES string of the molecule is CCO[C@H]1O[C@H](OC)c2nc1c(-c1ccccc1)c1ccc([n-]1)c(-c1ccccc1)c1nc(c(-c3ccccc3)c3ccc([n-]3)c2-c2ccccc2)C=C1.[Ni+2]. The van der Waals surface area contributed by atoms with E-state index >= 15 is 0 Å². The topological polar surface area (TPSA) is 81.7 Å². The molecule has 4 aromatic carbocycles. The minimum absolute atomic E-state index is 0. The molecular formula is C47H36N4NiO3. The van der Waals surface area contributed by atoms with Crippen molar-refractivity contribution in [2.24, 2.45) is 0 Å². The summed E-state index contributed by atoms with van der Waals surface area (Å²) in [5.41, 5.74) is 13.1. The molecule has 0 spiro atoms. The molecule has 3 aromatic heterocycles. The molecule has 0 unspecified atom stereocenters. The Hall–Kier alpha value is -5.89. The van der Waals surface area contributed by atoms with Gasteiger partial charge in [0.25, 0.3) is 0 Å². The maximum Gasteiger partial charge on any atom is 2.00 e. The van der Waals surface area contributed by atoms with Crippen LogP contribution in [0.2, 0.25) is 0 Å². The van der Waals surface area contributed by atoms with E-state index < -0.39 is 12.6 Å². The van der Waals surface area contributed by atoms with E-state index in [2.05, 4.69) is 72.8 Å². The number of nitrogens with zero attached hydrogens (tertiary/aromatic N) is 4. The van der Waals surface area contributed by atoms with Crippen LogP contribution in [0.1, 0.15) is 42.3 Å². The molecule has 55 heavy (non-hydrogen) atoms. The van der Waals surface area contributed by atoms with E-state index in [1.807, 2.05) is 91.9 Å². The van der Waals surface area contributed by atoms with Gasteiger partial charge in [-0.2, -0.15) is 0 Å². The van der Waals surface area contributed by atoms with Crippen molar-refractivity contribution in [1.82, 2.24) is 19.9 Å². The summed E-state index contributed by atoms with van der Waals surface area (Å²) in [5.74, 6) is 0. The molecule has 0 saturated heterocycles. The van der Waals surface area contributed by atoms with Gasteiger partial charge in [0.1, 0.15) is 11.4 Å². The van der Waals surface area contributed by atoms with Crippen molar-refractivity contribution in [1.29, 1.82) is 0 Å². The van der Waals surface area contributed by atoms with Crippen molar-refractivity contribution in [2.45, 2.75) is 19.5 Å². The summed E-state index contributed by atoms with van der Waals surface area (Å²) >= 11 is 0. The van der Waals surface area contributed by atoms with E-state index in [0.717, 1.165) is 78.0 Å². The maximum atomic E-state index is 6.72. The molecule has 7 nitrogen and oxygen atoms in total. The van der Waals surface area contributed by atoms with Gasteiger partial charge < -0.3 is 24.2 Å². The Bertz CT molecular complexity index is 2640. The van der Waals surface area contributed by atoms with Crippen LogP contribution in [0.25, 0.3) is 78.7 Å². The van der Waals surface area contributed by atoms with E-state index in [9.17, 15) is 0 Å². The summed E-state index contributed by atoms with van der Waals surface area (Å²) in [6, 6.07) is 49.1. The van der Waals surface area contributed by atoms with Gasteiger partial charge >= 0.3 is 16.5 Å². The minimum Gasteiger partial charge on any atom is -0.657 e. The smallest absolute Gasteiger partial charge is 0.657 e. The Kier molecular flexibility index (Phi) is 10.4. The predicted molar refractivity (Wildman–Crippen MR) is 215 cm³/mol. The van der Waals surface area contributed by atoms with Gasteiger partial charge in [0, 0.05) is 13.7 Å². The molecule has 0 radical (unpaired) electrons. The number of benzene rings is 4. The molecule has 2 aliphatic heterocycles. The molecule has 0 amide bonds. The van der Waals surface area contributed by atoms with Crippen molar-refractivity contribution in [3.05, 3.63) is 168 Å². The molecule has 0 N–H and O–H groups in total. The maximum absolute atomic E-state index is 6.72. The third-order valence-corrected chi connectivity index (χ3v) is 9.69. The average molecular weight is 764 g/mol. The van der Waals surface area contributed by atoms with Crippen molar-refractivity contribution >= 4 is 34.2 Å². The molecule has 272 valence electrons. The van der Waals surface area contributed by atoms with Crippen LogP contribution in [-0.2, 0) is 30.7 Å². The summed E-state index contributed by atoms with van der Waals surface area (Å²) in [5, 5.41) is 0. The molecule has 0 fully saturated rings. The Balaban J connectivity index is 0.00000427. The van der Waals surface area contributed by atoms with E-state index in [1.54, 1.807) is 7.11 Å². The first-order chi connectivity index (χ1) is 26.7. The van der Waals surface area contributed by atoms with Crippen LogP contribution in [0.3, 0.4) is 0 Å². The molecule has 0 saturated carbocycles. The average Bonchev–Trinajstić information content (AvgIpc) is 4.01. The fraction of sp³-hybridized carbons (Fsp3) is 0.106. The third kappa shape index (κ3) is 6.86. The summed E-state index contributed by atoms with van der Waals surface area (Å²) in [4.78, 5) is 21.5. The minimum atomic E-state index is -0.852. The molecule has 5 heterocycles. The third-order valence-electron chi connectivity index (χ3n) is 9.69. The summed E-state index contributed by atoms with van der Waals surface area (Å²) < 4.78 is 19.1. The number of hydrogen-bond donors (Lipinski definition) is 0. The van der Waals surface area contributed by atoms with Gasteiger partial charge in [-0.1, -0.05) is 146 Å². The second kappa shape index (κ2) is 15.8. The number of hydrogen-bond acceptors (Lipinski definition) is 5. The molecule has 2 atom stereocenters. The van der Waals surface area contributed by atoms with E-state index in [4.69, 9.17) is 34.1 Å². The van der Waals surface area contributed by atoms with Gasteiger partial charge in [-0.3, -0.25) is 0 Å². The monoisotopic (exact) mass is 762 g/mol. The Labute approximate surface area is 329 Å². The van der Waals surface area contributed by atoms with Gasteiger partial charge in [0.05, 0.1) is 11.4 Å². The van der Waals surface area contributed by atoms with Crippen molar-refractivity contribution < 1.29 is 30.7 Å². The second-order valence-electron chi connectivity index (χ2n) is 13.0. The summed E-state index contributed by atoms with van der Waals surface area (Å²) in [6.07, 6.45) is 2.46. The Morgan fingerprint density at radius 3 is 1.24 bits per heavy atom. The molecule has 0 aliphatic carbocycles. The van der Waals surface area contributed by atoms with Gasteiger partial charge in [0.2, 0.25) is 12.6 Å². The first-order valence-corrected chi connectivity index (χ1v) is 18.1. The van der Waals surface area contributed by atoms with Gasteiger partial charge in [-0.25, -0.2) is 9.97 Å². The number of ether oxygens (including phenoxy) is 3.